The van der Waals surface area contributed by atoms with E-state index in [2.05, 4.69) is 19.9 Å². The van der Waals surface area contributed by atoms with Gasteiger partial charge in [0.2, 0.25) is 5.95 Å². The summed E-state index contributed by atoms with van der Waals surface area (Å²) in [4.78, 5) is 19.7. The predicted molar refractivity (Wildman–Crippen MR) is 86.2 cm³/mol. The molecule has 118 valence electrons. The van der Waals surface area contributed by atoms with Gasteiger partial charge in [-0.3, -0.25) is 0 Å². The van der Waals surface area contributed by atoms with E-state index in [1.807, 2.05) is 23.7 Å². The normalized spacial score (nSPS) is 15.3. The molecule has 4 heterocycles. The monoisotopic (exact) mass is 311 g/mol. The number of nitrogens with two attached hydrogens (primary N) is 1. The zero-order valence-electron chi connectivity index (χ0n) is 12.8. The molecule has 0 aliphatic carbocycles. The molecule has 8 heteroatoms. The van der Waals surface area contributed by atoms with Crippen LogP contribution in [0.1, 0.15) is 5.69 Å². The Morgan fingerprint density at radius 1 is 1.09 bits per heavy atom. The van der Waals surface area contributed by atoms with Crippen molar-refractivity contribution in [2.45, 2.75) is 6.92 Å². The van der Waals surface area contributed by atoms with Gasteiger partial charge >= 0.3 is 0 Å². The molecule has 1 fully saturated rings. The van der Waals surface area contributed by atoms with Crippen molar-refractivity contribution in [3.05, 3.63) is 30.5 Å². The maximum Gasteiger partial charge on any atom is 0.219 e. The second-order valence-corrected chi connectivity index (χ2v) is 5.49. The van der Waals surface area contributed by atoms with E-state index < -0.39 is 0 Å². The van der Waals surface area contributed by atoms with Gasteiger partial charge in [0.25, 0.3) is 0 Å². The van der Waals surface area contributed by atoms with Gasteiger partial charge < -0.3 is 19.8 Å². The lowest BCUT2D eigenvalue weighted by molar-refractivity contribution is 0.122. The quantitative estimate of drug-likeness (QED) is 0.751. The Hall–Kier alpha value is -2.74. The minimum absolute atomic E-state index is 0.252. The Bertz CT molecular complexity index is 837. The van der Waals surface area contributed by atoms with Gasteiger partial charge in [0, 0.05) is 43.4 Å². The van der Waals surface area contributed by atoms with E-state index in [4.69, 9.17) is 15.5 Å². The fourth-order valence-corrected chi connectivity index (χ4v) is 2.70. The van der Waals surface area contributed by atoms with E-state index in [-0.39, 0.29) is 5.95 Å². The minimum atomic E-state index is 0.252. The first-order chi connectivity index (χ1) is 11.2. The Kier molecular flexibility index (Phi) is 3.30. The van der Waals surface area contributed by atoms with Crippen LogP contribution in [0.25, 0.3) is 16.9 Å². The smallest absolute Gasteiger partial charge is 0.219 e. The van der Waals surface area contributed by atoms with Crippen molar-refractivity contribution < 1.29 is 4.74 Å². The lowest BCUT2D eigenvalue weighted by atomic mass is 10.2. The lowest BCUT2D eigenvalue weighted by Gasteiger charge is -2.28. The van der Waals surface area contributed by atoms with Gasteiger partial charge in [-0.25, -0.2) is 19.9 Å². The molecular weight excluding hydrogens is 294 g/mol. The summed E-state index contributed by atoms with van der Waals surface area (Å²) in [5, 5.41) is 0. The van der Waals surface area contributed by atoms with Crippen LogP contribution in [0.4, 0.5) is 11.8 Å². The predicted octanol–water partition coefficient (Wildman–Crippen LogP) is 0.914. The Labute approximate surface area is 133 Å². The van der Waals surface area contributed by atoms with E-state index in [9.17, 15) is 0 Å². The van der Waals surface area contributed by atoms with Crippen LogP contribution in [0, 0.1) is 6.92 Å². The summed E-state index contributed by atoms with van der Waals surface area (Å²) in [7, 11) is 0. The number of nitrogens with zero attached hydrogens (tertiary/aromatic N) is 6. The molecule has 0 aromatic carbocycles. The molecule has 0 unspecified atom stereocenters. The second kappa shape index (κ2) is 5.47. The first-order valence-corrected chi connectivity index (χ1v) is 7.47. The Balaban J connectivity index is 1.87. The number of fused-ring (bicyclic) bond motifs is 1. The molecule has 3 aromatic heterocycles. The van der Waals surface area contributed by atoms with Gasteiger partial charge in [-0.05, 0) is 6.92 Å². The minimum Gasteiger partial charge on any atom is -0.378 e. The van der Waals surface area contributed by atoms with Gasteiger partial charge in [0.15, 0.2) is 11.5 Å². The van der Waals surface area contributed by atoms with Gasteiger partial charge in [-0.1, -0.05) is 0 Å². The summed E-state index contributed by atoms with van der Waals surface area (Å²) >= 11 is 0. The molecule has 0 amide bonds. The molecule has 3 aromatic rings. The molecule has 23 heavy (non-hydrogen) atoms. The van der Waals surface area contributed by atoms with Crippen molar-refractivity contribution >= 4 is 17.4 Å². The highest BCUT2D eigenvalue weighted by molar-refractivity contribution is 5.70. The van der Waals surface area contributed by atoms with Crippen LogP contribution in [-0.2, 0) is 4.74 Å². The summed E-state index contributed by atoms with van der Waals surface area (Å²) in [6, 6.07) is 0. The highest BCUT2D eigenvalue weighted by Crippen LogP contribution is 2.25. The number of hydrogen-bond acceptors (Lipinski definition) is 7. The van der Waals surface area contributed by atoms with E-state index in [0.29, 0.717) is 13.2 Å². The van der Waals surface area contributed by atoms with E-state index in [1.54, 1.807) is 12.4 Å². The van der Waals surface area contributed by atoms with Gasteiger partial charge in [-0.15, -0.1) is 0 Å². The number of hydrogen-bond donors (Lipinski definition) is 1. The molecule has 0 atom stereocenters. The molecule has 1 aliphatic heterocycles. The Morgan fingerprint density at radius 3 is 2.57 bits per heavy atom. The van der Waals surface area contributed by atoms with Gasteiger partial charge in [-0.2, -0.15) is 0 Å². The number of morpholine rings is 1. The third-order valence-electron chi connectivity index (χ3n) is 3.82. The van der Waals surface area contributed by atoms with Crippen molar-refractivity contribution in [2.24, 2.45) is 0 Å². The van der Waals surface area contributed by atoms with Crippen LogP contribution in [0.3, 0.4) is 0 Å². The van der Waals surface area contributed by atoms with E-state index in [1.165, 1.54) is 0 Å². The molecule has 8 nitrogen and oxygen atoms in total. The number of rotatable bonds is 2. The van der Waals surface area contributed by atoms with Crippen molar-refractivity contribution in [3.63, 3.8) is 0 Å². The van der Waals surface area contributed by atoms with Crippen LogP contribution < -0.4 is 10.6 Å². The number of imidazole rings is 1. The second-order valence-electron chi connectivity index (χ2n) is 5.49. The molecule has 4 rings (SSSR count). The van der Waals surface area contributed by atoms with Crippen molar-refractivity contribution in [1.82, 2.24) is 24.3 Å². The average molecular weight is 311 g/mol. The van der Waals surface area contributed by atoms with Crippen LogP contribution in [0.5, 0.6) is 0 Å². The third-order valence-corrected chi connectivity index (χ3v) is 3.82. The highest BCUT2D eigenvalue weighted by atomic mass is 16.5. The van der Waals surface area contributed by atoms with Gasteiger partial charge in [0.05, 0.1) is 24.6 Å². The van der Waals surface area contributed by atoms with Crippen molar-refractivity contribution in [1.29, 1.82) is 0 Å². The summed E-state index contributed by atoms with van der Waals surface area (Å²) in [6.45, 7) is 4.97. The number of nitrogen functional groups attached to an aromatic ring is 1. The molecule has 1 aliphatic rings. The fourth-order valence-electron chi connectivity index (χ4n) is 2.70. The number of aromatic nitrogens is 5. The third kappa shape index (κ3) is 2.57. The average Bonchev–Trinajstić information content (AvgIpc) is 2.95. The maximum atomic E-state index is 5.57. The largest absolute Gasteiger partial charge is 0.378 e. The molecular formula is C15H17N7O. The van der Waals surface area contributed by atoms with Crippen LogP contribution >= 0.6 is 0 Å². The highest BCUT2D eigenvalue weighted by Gasteiger charge is 2.19. The lowest BCUT2D eigenvalue weighted by Crippen LogP contribution is -2.37. The molecule has 2 N–H and O–H groups in total. The number of aryl methyl sites for hydroxylation is 1. The summed E-state index contributed by atoms with van der Waals surface area (Å²) in [5.74, 6) is 1.11. The molecule has 0 radical (unpaired) electrons. The number of anilines is 2. The van der Waals surface area contributed by atoms with Crippen molar-refractivity contribution in [3.8, 4) is 11.3 Å². The SMILES string of the molecule is Cc1cn2cc(-c3cnc(N)nc3)nc(N3CCOCC3)c2n1. The number of ether oxygens (including phenoxy) is 1. The summed E-state index contributed by atoms with van der Waals surface area (Å²) < 4.78 is 7.43. The van der Waals surface area contributed by atoms with Crippen LogP contribution in [-0.4, -0.2) is 50.6 Å². The molecule has 0 saturated carbocycles. The van der Waals surface area contributed by atoms with Crippen LogP contribution in [0.15, 0.2) is 24.8 Å². The first kappa shape index (κ1) is 13.9. The molecule has 0 spiro atoms. The summed E-state index contributed by atoms with van der Waals surface area (Å²) in [5.41, 5.74) is 8.98. The topological polar surface area (TPSA) is 94.5 Å². The van der Waals surface area contributed by atoms with E-state index >= 15 is 0 Å². The molecule has 0 bridgehead atoms. The zero-order chi connectivity index (χ0) is 15.8. The standard InChI is InChI=1S/C15H17N7O/c1-10-8-22-9-12(11-6-17-15(16)18-7-11)20-14(13(22)19-10)21-2-4-23-5-3-21/h6-9H,2-5H2,1H3,(H2,16,17,18). The van der Waals surface area contributed by atoms with E-state index in [0.717, 1.165) is 41.5 Å². The summed E-state index contributed by atoms with van der Waals surface area (Å²) in [6.07, 6.45) is 7.30. The Morgan fingerprint density at radius 2 is 1.83 bits per heavy atom. The van der Waals surface area contributed by atoms with Crippen LogP contribution in [0.2, 0.25) is 0 Å². The first-order valence-electron chi connectivity index (χ1n) is 7.47. The molecule has 1 saturated heterocycles. The fraction of sp³-hybridized carbons (Fsp3) is 0.333. The van der Waals surface area contributed by atoms with Gasteiger partial charge in [0.1, 0.15) is 0 Å². The zero-order valence-corrected chi connectivity index (χ0v) is 12.8. The maximum absolute atomic E-state index is 5.57. The van der Waals surface area contributed by atoms with Crippen molar-refractivity contribution in [2.75, 3.05) is 36.9 Å².